The molecule has 7 heteroatoms. The Hall–Kier alpha value is -3.11. The van der Waals surface area contributed by atoms with Crippen molar-refractivity contribution in [2.24, 2.45) is 0 Å². The molecular weight excluding hydrogens is 641 g/mol. The van der Waals surface area contributed by atoms with Crippen LogP contribution >= 0.6 is 0 Å². The minimum absolute atomic E-state index is 0. The Morgan fingerprint density at radius 3 is 2.41 bits per heavy atom. The summed E-state index contributed by atoms with van der Waals surface area (Å²) in [6.07, 6.45) is 3.79. The number of nitrogens with zero attached hydrogens (tertiary/aromatic N) is 5. The van der Waals surface area contributed by atoms with Gasteiger partial charge in [0.1, 0.15) is 0 Å². The fraction of sp³-hybridized carbons (Fsp3) is 0.300. The zero-order chi connectivity index (χ0) is 25.8. The van der Waals surface area contributed by atoms with Gasteiger partial charge in [0.2, 0.25) is 0 Å². The van der Waals surface area contributed by atoms with Gasteiger partial charge in [0, 0.05) is 50.1 Å². The van der Waals surface area contributed by atoms with Gasteiger partial charge in [0.25, 0.3) is 0 Å². The van der Waals surface area contributed by atoms with Crippen LogP contribution in [0.5, 0.6) is 11.5 Å². The van der Waals surface area contributed by atoms with E-state index in [0.717, 1.165) is 39.7 Å². The summed E-state index contributed by atoms with van der Waals surface area (Å²) < 4.78 is 8.40. The largest absolute Gasteiger partial charge is 0.508 e. The van der Waals surface area contributed by atoms with Gasteiger partial charge < -0.3 is 23.9 Å². The first-order valence-electron chi connectivity index (χ1n) is 12.2. The van der Waals surface area contributed by atoms with Gasteiger partial charge >= 0.3 is 0 Å². The van der Waals surface area contributed by atoms with Gasteiger partial charge in [-0.15, -0.1) is 23.9 Å². The minimum atomic E-state index is 0. The van der Waals surface area contributed by atoms with Crippen LogP contribution in [0.15, 0.2) is 54.1 Å². The summed E-state index contributed by atoms with van der Waals surface area (Å²) in [5.74, 6) is 1.20. The maximum Gasteiger partial charge on any atom is 0.0584 e. The number of aryl methyl sites for hydroxylation is 2. The molecular formula is C30H32N5OPt-3. The Morgan fingerprint density at radius 2 is 1.73 bits per heavy atom. The Kier molecular flexibility index (Phi) is 7.27. The van der Waals surface area contributed by atoms with Crippen molar-refractivity contribution in [1.82, 2.24) is 19.3 Å². The molecule has 0 spiro atoms. The molecule has 6 nitrogen and oxygen atoms in total. The Morgan fingerprint density at radius 1 is 0.973 bits per heavy atom. The molecule has 0 N–H and O–H groups in total. The number of ether oxygens (including phenoxy) is 1. The van der Waals surface area contributed by atoms with Gasteiger partial charge in [-0.1, -0.05) is 38.5 Å². The number of hydrogen-bond donors (Lipinski definition) is 0. The van der Waals surface area contributed by atoms with Crippen molar-refractivity contribution in [3.63, 3.8) is 0 Å². The normalized spacial score (nSPS) is 13.9. The molecule has 0 bridgehead atoms. The SMILES string of the molecule is CC1=C(C)N(c2[c-]c(Oc3[c-]c(-c4cc(C(C)(C)C)ccn4)c4nc(C)c(C)n4c3)ccc2)[CH-]N1C.[Pt]. The number of benzene rings is 1. The first-order chi connectivity index (χ1) is 17.0. The van der Waals surface area contributed by atoms with Gasteiger partial charge in [0.05, 0.1) is 11.4 Å². The molecule has 1 aliphatic heterocycles. The standard InChI is InChI=1S/C30H32N5O.Pt/c1-19-20(2)34-17-26(16-27(29(34)32-19)28-14-23(12-13-31-28)30(5,6)7)36-25-11-9-10-24(15-25)35-18-33(8)21(3)22(35)4;/h9-14,17-18H,1-8H3;/q-3;. The molecule has 3 aromatic heterocycles. The molecule has 0 atom stereocenters. The summed E-state index contributed by atoms with van der Waals surface area (Å²) in [5.41, 5.74) is 8.98. The van der Waals surface area contributed by atoms with Crippen LogP contribution in [0.25, 0.3) is 16.9 Å². The fourth-order valence-electron chi connectivity index (χ4n) is 4.33. The molecule has 0 unspecified atom stereocenters. The monoisotopic (exact) mass is 673 g/mol. The first-order valence-corrected chi connectivity index (χ1v) is 12.2. The van der Waals surface area contributed by atoms with Crippen LogP contribution in [0.3, 0.4) is 0 Å². The van der Waals surface area contributed by atoms with Crippen molar-refractivity contribution in [3.8, 4) is 22.8 Å². The van der Waals surface area contributed by atoms with Crippen LogP contribution in [-0.2, 0) is 26.5 Å². The van der Waals surface area contributed by atoms with Gasteiger partial charge in [-0.25, -0.2) is 0 Å². The second-order valence-corrected chi connectivity index (χ2v) is 10.4. The van der Waals surface area contributed by atoms with Crippen molar-refractivity contribution in [2.45, 2.75) is 53.9 Å². The van der Waals surface area contributed by atoms with E-state index < -0.39 is 0 Å². The van der Waals surface area contributed by atoms with E-state index in [2.05, 4.69) is 91.7 Å². The molecule has 196 valence electrons. The third-order valence-electron chi connectivity index (χ3n) is 6.92. The number of hydrogen-bond acceptors (Lipinski definition) is 5. The van der Waals surface area contributed by atoms with E-state index in [9.17, 15) is 0 Å². The molecule has 5 rings (SSSR count). The molecule has 0 amide bonds. The van der Waals surface area contributed by atoms with Crippen molar-refractivity contribution in [1.29, 1.82) is 0 Å². The zero-order valence-corrected chi connectivity index (χ0v) is 24.9. The quantitative estimate of drug-likeness (QED) is 0.223. The van der Waals surface area contributed by atoms with Crippen molar-refractivity contribution in [3.05, 3.63) is 89.9 Å². The fourth-order valence-corrected chi connectivity index (χ4v) is 4.33. The first kappa shape index (κ1) is 26.9. The summed E-state index contributed by atoms with van der Waals surface area (Å²) in [7, 11) is 2.04. The Labute approximate surface area is 234 Å². The molecule has 4 aromatic rings. The van der Waals surface area contributed by atoms with Crippen LogP contribution in [0, 0.1) is 32.6 Å². The van der Waals surface area contributed by atoms with E-state index in [4.69, 9.17) is 9.72 Å². The summed E-state index contributed by atoms with van der Waals surface area (Å²) in [6.45, 7) is 16.9. The molecule has 0 fully saturated rings. The number of anilines is 1. The van der Waals surface area contributed by atoms with E-state index in [-0.39, 0.29) is 26.5 Å². The molecule has 1 aliphatic rings. The minimum Gasteiger partial charge on any atom is -0.508 e. The van der Waals surface area contributed by atoms with E-state index in [1.807, 2.05) is 44.6 Å². The molecule has 1 aromatic carbocycles. The van der Waals surface area contributed by atoms with Crippen molar-refractivity contribution < 1.29 is 25.8 Å². The number of imidazole rings is 1. The smallest absolute Gasteiger partial charge is 0.0584 e. The molecule has 4 heterocycles. The number of fused-ring (bicyclic) bond motifs is 1. The number of aromatic nitrogens is 3. The predicted molar refractivity (Wildman–Crippen MR) is 144 cm³/mol. The van der Waals surface area contributed by atoms with Crippen LogP contribution in [0.2, 0.25) is 0 Å². The van der Waals surface area contributed by atoms with Gasteiger partial charge in [0.15, 0.2) is 0 Å². The van der Waals surface area contributed by atoms with Gasteiger partial charge in [-0.05, 0) is 69.4 Å². The predicted octanol–water partition coefficient (Wildman–Crippen LogP) is 6.82. The zero-order valence-electron chi connectivity index (χ0n) is 22.6. The Balaban J connectivity index is 0.00000320. The molecule has 0 saturated heterocycles. The molecule has 37 heavy (non-hydrogen) atoms. The molecule has 0 radical (unpaired) electrons. The van der Waals surface area contributed by atoms with Crippen LogP contribution < -0.4 is 9.64 Å². The summed E-state index contributed by atoms with van der Waals surface area (Å²) in [4.78, 5) is 13.7. The van der Waals surface area contributed by atoms with E-state index in [1.54, 1.807) is 0 Å². The third kappa shape index (κ3) is 5.04. The van der Waals surface area contributed by atoms with Crippen molar-refractivity contribution >= 4 is 11.3 Å². The van der Waals surface area contributed by atoms with Crippen LogP contribution in [-0.4, -0.2) is 26.3 Å². The average molecular weight is 674 g/mol. The maximum atomic E-state index is 6.34. The second-order valence-electron chi connectivity index (χ2n) is 10.4. The molecule has 0 saturated carbocycles. The summed E-state index contributed by atoms with van der Waals surface area (Å²) in [5, 5.41) is 0. The third-order valence-corrected chi connectivity index (χ3v) is 6.92. The van der Waals surface area contributed by atoms with Crippen LogP contribution in [0.4, 0.5) is 5.69 Å². The summed E-state index contributed by atoms with van der Waals surface area (Å²) in [6, 6.07) is 17.0. The number of rotatable bonds is 4. The van der Waals surface area contributed by atoms with Crippen LogP contribution in [0.1, 0.15) is 51.6 Å². The summed E-state index contributed by atoms with van der Waals surface area (Å²) >= 11 is 0. The Bertz CT molecular complexity index is 1500. The number of pyridine rings is 2. The van der Waals surface area contributed by atoms with E-state index in [1.165, 1.54) is 11.3 Å². The van der Waals surface area contributed by atoms with E-state index in [0.29, 0.717) is 11.5 Å². The van der Waals surface area contributed by atoms with Gasteiger partial charge in [-0.3, -0.25) is 4.98 Å². The van der Waals surface area contributed by atoms with Gasteiger partial charge in [-0.2, -0.15) is 12.7 Å². The second kappa shape index (κ2) is 9.98. The van der Waals surface area contributed by atoms with Crippen molar-refractivity contribution in [2.75, 3.05) is 11.9 Å². The topological polar surface area (TPSA) is 45.9 Å². The average Bonchev–Trinajstić information content (AvgIpc) is 3.28. The number of allylic oxidation sites excluding steroid dienone is 2. The van der Waals surface area contributed by atoms with E-state index >= 15 is 0 Å². The maximum absolute atomic E-state index is 6.34. The molecule has 0 aliphatic carbocycles.